The van der Waals surface area contributed by atoms with Gasteiger partial charge in [-0.15, -0.1) is 0 Å². The van der Waals surface area contributed by atoms with E-state index in [4.69, 9.17) is 9.84 Å². The van der Waals surface area contributed by atoms with Crippen LogP contribution in [0.25, 0.3) is 16.9 Å². The van der Waals surface area contributed by atoms with Gasteiger partial charge in [-0.25, -0.2) is 4.68 Å². The van der Waals surface area contributed by atoms with Crippen molar-refractivity contribution in [3.63, 3.8) is 0 Å². The number of carbonyl (C=O) groups is 1. The molecular formula is C25H31N3O2. The maximum absolute atomic E-state index is 13.4. The standard InChI is InChI=1S/C25H31N3O2/c1-6-14-27(15-7-2)25(29)24-17-23(20-9-8-18(3)19(4)16-20)26-28(24)21-10-12-22(30-5)13-11-21/h8-13,16-17H,6-7,14-15H2,1-5H3. The summed E-state index contributed by atoms with van der Waals surface area (Å²) in [6.07, 6.45) is 1.85. The van der Waals surface area contributed by atoms with E-state index in [-0.39, 0.29) is 5.91 Å². The molecule has 1 heterocycles. The van der Waals surface area contributed by atoms with Crippen molar-refractivity contribution in [1.29, 1.82) is 0 Å². The van der Waals surface area contributed by atoms with Gasteiger partial charge in [0.05, 0.1) is 18.5 Å². The van der Waals surface area contributed by atoms with Crippen molar-refractivity contribution in [2.24, 2.45) is 0 Å². The fourth-order valence-corrected chi connectivity index (χ4v) is 3.51. The fourth-order valence-electron chi connectivity index (χ4n) is 3.51. The van der Waals surface area contributed by atoms with Gasteiger partial charge in [-0.3, -0.25) is 4.79 Å². The van der Waals surface area contributed by atoms with Crippen LogP contribution in [0, 0.1) is 13.8 Å². The zero-order chi connectivity index (χ0) is 21.7. The minimum Gasteiger partial charge on any atom is -0.497 e. The van der Waals surface area contributed by atoms with Crippen LogP contribution < -0.4 is 4.74 Å². The van der Waals surface area contributed by atoms with Crippen LogP contribution in [-0.2, 0) is 0 Å². The molecule has 5 heteroatoms. The Morgan fingerprint density at radius 1 is 0.967 bits per heavy atom. The monoisotopic (exact) mass is 405 g/mol. The van der Waals surface area contributed by atoms with Gasteiger partial charge >= 0.3 is 0 Å². The van der Waals surface area contributed by atoms with Crippen LogP contribution in [0.1, 0.15) is 48.3 Å². The van der Waals surface area contributed by atoms with Crippen molar-refractivity contribution in [1.82, 2.24) is 14.7 Å². The number of benzene rings is 2. The van der Waals surface area contributed by atoms with E-state index in [0.29, 0.717) is 5.69 Å². The normalized spacial score (nSPS) is 10.8. The molecule has 0 fully saturated rings. The first kappa shape index (κ1) is 21.6. The summed E-state index contributed by atoms with van der Waals surface area (Å²) >= 11 is 0. The first-order chi connectivity index (χ1) is 14.5. The molecule has 0 bridgehead atoms. The van der Waals surface area contributed by atoms with E-state index in [1.54, 1.807) is 11.8 Å². The van der Waals surface area contributed by atoms with Crippen LogP contribution in [0.2, 0.25) is 0 Å². The number of aromatic nitrogens is 2. The second-order valence-corrected chi connectivity index (χ2v) is 7.62. The van der Waals surface area contributed by atoms with Gasteiger partial charge in [-0.05, 0) is 74.2 Å². The highest BCUT2D eigenvalue weighted by atomic mass is 16.5. The van der Waals surface area contributed by atoms with Crippen molar-refractivity contribution in [3.05, 3.63) is 65.4 Å². The summed E-state index contributed by atoms with van der Waals surface area (Å²) in [5.41, 5.74) is 5.67. The quantitative estimate of drug-likeness (QED) is 0.502. The Labute approximate surface area is 179 Å². The van der Waals surface area contributed by atoms with E-state index >= 15 is 0 Å². The van der Waals surface area contributed by atoms with Crippen molar-refractivity contribution in [2.75, 3.05) is 20.2 Å². The van der Waals surface area contributed by atoms with Crippen molar-refractivity contribution in [3.8, 4) is 22.7 Å². The first-order valence-corrected chi connectivity index (χ1v) is 10.6. The topological polar surface area (TPSA) is 47.4 Å². The molecule has 0 aliphatic rings. The summed E-state index contributed by atoms with van der Waals surface area (Å²) in [5.74, 6) is 0.781. The molecule has 0 saturated heterocycles. The van der Waals surface area contributed by atoms with E-state index in [2.05, 4.69) is 45.9 Å². The average Bonchev–Trinajstić information content (AvgIpc) is 3.20. The Kier molecular flexibility index (Phi) is 6.93. The minimum atomic E-state index is 0.0112. The van der Waals surface area contributed by atoms with E-state index in [0.717, 1.165) is 48.6 Å². The SMILES string of the molecule is CCCN(CCC)C(=O)c1cc(-c2ccc(C)c(C)c2)nn1-c1ccc(OC)cc1. The third-order valence-electron chi connectivity index (χ3n) is 5.32. The summed E-state index contributed by atoms with van der Waals surface area (Å²) in [4.78, 5) is 15.4. The molecule has 30 heavy (non-hydrogen) atoms. The van der Waals surface area contributed by atoms with Crippen LogP contribution in [0.5, 0.6) is 5.75 Å². The number of methoxy groups -OCH3 is 1. The Morgan fingerprint density at radius 2 is 1.63 bits per heavy atom. The maximum Gasteiger partial charge on any atom is 0.272 e. The van der Waals surface area contributed by atoms with E-state index < -0.39 is 0 Å². The minimum absolute atomic E-state index is 0.0112. The lowest BCUT2D eigenvalue weighted by atomic mass is 10.0. The predicted octanol–water partition coefficient (Wildman–Crippen LogP) is 5.43. The molecule has 0 unspecified atom stereocenters. The Morgan fingerprint density at radius 3 is 2.20 bits per heavy atom. The molecule has 0 saturated carbocycles. The number of rotatable bonds is 8. The molecule has 5 nitrogen and oxygen atoms in total. The molecular weight excluding hydrogens is 374 g/mol. The van der Waals surface area contributed by atoms with Crippen LogP contribution in [0.15, 0.2) is 48.5 Å². The van der Waals surface area contributed by atoms with E-state index in [1.165, 1.54) is 11.1 Å². The summed E-state index contributed by atoms with van der Waals surface area (Å²) in [7, 11) is 1.64. The second-order valence-electron chi connectivity index (χ2n) is 7.62. The number of ether oxygens (including phenoxy) is 1. The molecule has 0 N–H and O–H groups in total. The first-order valence-electron chi connectivity index (χ1n) is 10.6. The van der Waals surface area contributed by atoms with Gasteiger partial charge in [0, 0.05) is 18.7 Å². The van der Waals surface area contributed by atoms with Gasteiger partial charge < -0.3 is 9.64 Å². The molecule has 0 atom stereocenters. The lowest BCUT2D eigenvalue weighted by Gasteiger charge is -2.21. The summed E-state index contributed by atoms with van der Waals surface area (Å²) in [5, 5.41) is 4.83. The molecule has 0 aliphatic carbocycles. The fraction of sp³-hybridized carbons (Fsp3) is 0.360. The third-order valence-corrected chi connectivity index (χ3v) is 5.32. The highest BCUT2D eigenvalue weighted by molar-refractivity contribution is 5.94. The summed E-state index contributed by atoms with van der Waals surface area (Å²) in [6, 6.07) is 15.8. The summed E-state index contributed by atoms with van der Waals surface area (Å²) < 4.78 is 7.03. The highest BCUT2D eigenvalue weighted by Crippen LogP contribution is 2.25. The van der Waals surface area contributed by atoms with Gasteiger partial charge in [-0.2, -0.15) is 5.10 Å². The lowest BCUT2D eigenvalue weighted by Crippen LogP contribution is -2.33. The second kappa shape index (κ2) is 9.61. The van der Waals surface area contributed by atoms with Crippen LogP contribution in [0.4, 0.5) is 0 Å². The molecule has 0 radical (unpaired) electrons. The number of amides is 1. The van der Waals surface area contributed by atoms with Crippen LogP contribution in [0.3, 0.4) is 0 Å². The van der Waals surface area contributed by atoms with Gasteiger partial charge in [0.15, 0.2) is 0 Å². The van der Waals surface area contributed by atoms with E-state index in [9.17, 15) is 4.79 Å². The molecule has 1 amide bonds. The molecule has 1 aromatic heterocycles. The van der Waals surface area contributed by atoms with Gasteiger partial charge in [-0.1, -0.05) is 26.0 Å². The Bertz CT molecular complexity index is 1000. The maximum atomic E-state index is 13.4. The zero-order valence-corrected chi connectivity index (χ0v) is 18.6. The molecule has 158 valence electrons. The average molecular weight is 406 g/mol. The van der Waals surface area contributed by atoms with Crippen LogP contribution >= 0.6 is 0 Å². The highest BCUT2D eigenvalue weighted by Gasteiger charge is 2.22. The summed E-state index contributed by atoms with van der Waals surface area (Å²) in [6.45, 7) is 9.85. The third kappa shape index (κ3) is 4.56. The number of carbonyl (C=O) groups excluding carboxylic acids is 1. The van der Waals surface area contributed by atoms with Crippen molar-refractivity contribution in [2.45, 2.75) is 40.5 Å². The van der Waals surface area contributed by atoms with Gasteiger partial charge in [0.1, 0.15) is 11.4 Å². The molecule has 0 aliphatic heterocycles. The molecule has 3 aromatic rings. The molecule has 3 rings (SSSR count). The zero-order valence-electron chi connectivity index (χ0n) is 18.6. The van der Waals surface area contributed by atoms with Crippen molar-refractivity contribution >= 4 is 5.91 Å². The smallest absolute Gasteiger partial charge is 0.272 e. The molecule has 0 spiro atoms. The Hall–Kier alpha value is -3.08. The van der Waals surface area contributed by atoms with Crippen LogP contribution in [-0.4, -0.2) is 40.8 Å². The predicted molar refractivity (Wildman–Crippen MR) is 122 cm³/mol. The van der Waals surface area contributed by atoms with E-state index in [1.807, 2.05) is 35.2 Å². The Balaban J connectivity index is 2.10. The largest absolute Gasteiger partial charge is 0.497 e. The number of aryl methyl sites for hydroxylation is 2. The number of nitrogens with zero attached hydrogens (tertiary/aromatic N) is 3. The molecule has 2 aromatic carbocycles. The van der Waals surface area contributed by atoms with Gasteiger partial charge in [0.2, 0.25) is 0 Å². The lowest BCUT2D eigenvalue weighted by molar-refractivity contribution is 0.0746. The van der Waals surface area contributed by atoms with Crippen molar-refractivity contribution < 1.29 is 9.53 Å². The number of hydrogen-bond acceptors (Lipinski definition) is 3. The number of hydrogen-bond donors (Lipinski definition) is 0. The van der Waals surface area contributed by atoms with Gasteiger partial charge in [0.25, 0.3) is 5.91 Å².